The van der Waals surface area contributed by atoms with Crippen molar-refractivity contribution in [3.05, 3.63) is 29.8 Å². The van der Waals surface area contributed by atoms with E-state index in [-0.39, 0.29) is 17.3 Å². The van der Waals surface area contributed by atoms with Crippen molar-refractivity contribution >= 4 is 11.9 Å². The van der Waals surface area contributed by atoms with Crippen molar-refractivity contribution in [2.75, 3.05) is 23.7 Å². The van der Waals surface area contributed by atoms with E-state index >= 15 is 0 Å². The van der Waals surface area contributed by atoms with Gasteiger partial charge in [-0.25, -0.2) is 8.78 Å². The first kappa shape index (κ1) is 13.7. The molecule has 110 valence electrons. The number of nitrogen functional groups attached to an aromatic ring is 1. The van der Waals surface area contributed by atoms with Gasteiger partial charge in [-0.3, -0.25) is 0 Å². The Bertz CT molecular complexity index is 636. The zero-order chi connectivity index (χ0) is 14.8. The molecule has 2 N–H and O–H groups in total. The van der Waals surface area contributed by atoms with Crippen molar-refractivity contribution in [2.24, 2.45) is 0 Å². The normalized spacial score (nSPS) is 15.2. The fourth-order valence-electron chi connectivity index (χ4n) is 2.44. The highest BCUT2D eigenvalue weighted by molar-refractivity contribution is 5.59. The van der Waals surface area contributed by atoms with Crippen molar-refractivity contribution < 1.29 is 8.78 Å². The van der Waals surface area contributed by atoms with Gasteiger partial charge in [0.25, 0.3) is 0 Å². The van der Waals surface area contributed by atoms with Crippen molar-refractivity contribution in [3.8, 4) is 11.4 Å². The summed E-state index contributed by atoms with van der Waals surface area (Å²) >= 11 is 0. The van der Waals surface area contributed by atoms with Crippen LogP contribution in [-0.2, 0) is 0 Å². The first-order valence-electron chi connectivity index (χ1n) is 6.86. The van der Waals surface area contributed by atoms with Crippen LogP contribution in [0.15, 0.2) is 18.2 Å². The van der Waals surface area contributed by atoms with Crippen LogP contribution in [0.2, 0.25) is 0 Å². The van der Waals surface area contributed by atoms with Gasteiger partial charge in [-0.15, -0.1) is 0 Å². The third-order valence-corrected chi connectivity index (χ3v) is 3.47. The molecule has 1 aromatic carbocycles. The van der Waals surface area contributed by atoms with E-state index in [9.17, 15) is 8.78 Å². The predicted molar refractivity (Wildman–Crippen MR) is 75.7 cm³/mol. The van der Waals surface area contributed by atoms with Crippen LogP contribution in [0.5, 0.6) is 0 Å². The second-order valence-electron chi connectivity index (χ2n) is 4.96. The predicted octanol–water partition coefficient (Wildman–Crippen LogP) is 2.39. The average molecular weight is 291 g/mol. The number of hydrogen-bond acceptors (Lipinski definition) is 5. The number of piperidine rings is 1. The van der Waals surface area contributed by atoms with Crippen molar-refractivity contribution in [1.82, 2.24) is 15.0 Å². The number of rotatable bonds is 2. The Morgan fingerprint density at radius 2 is 1.62 bits per heavy atom. The summed E-state index contributed by atoms with van der Waals surface area (Å²) in [5, 5.41) is 0. The molecule has 5 nitrogen and oxygen atoms in total. The number of nitrogens with two attached hydrogens (primary N) is 1. The van der Waals surface area contributed by atoms with Crippen LogP contribution >= 0.6 is 0 Å². The van der Waals surface area contributed by atoms with Gasteiger partial charge < -0.3 is 10.6 Å². The van der Waals surface area contributed by atoms with Crippen LogP contribution in [-0.4, -0.2) is 28.0 Å². The van der Waals surface area contributed by atoms with E-state index < -0.39 is 11.6 Å². The van der Waals surface area contributed by atoms with Gasteiger partial charge in [-0.2, -0.15) is 15.0 Å². The highest BCUT2D eigenvalue weighted by Gasteiger charge is 2.19. The van der Waals surface area contributed by atoms with E-state index in [1.165, 1.54) is 18.2 Å². The highest BCUT2D eigenvalue weighted by Crippen LogP contribution is 2.25. The second kappa shape index (κ2) is 5.59. The van der Waals surface area contributed by atoms with E-state index in [0.717, 1.165) is 32.4 Å². The van der Waals surface area contributed by atoms with Crippen molar-refractivity contribution in [2.45, 2.75) is 19.3 Å². The number of anilines is 2. The molecule has 1 aromatic heterocycles. The minimum absolute atomic E-state index is 0.0387. The molecule has 0 unspecified atom stereocenters. The van der Waals surface area contributed by atoms with Crippen LogP contribution in [0.4, 0.5) is 20.7 Å². The molecule has 3 rings (SSSR count). The molecular formula is C14H15F2N5. The maximum atomic E-state index is 13.8. The Balaban J connectivity index is 2.05. The zero-order valence-electron chi connectivity index (χ0n) is 11.4. The minimum Gasteiger partial charge on any atom is -0.368 e. The standard InChI is InChI=1S/C14H15F2N5/c15-9-5-4-6-10(16)11(9)12-18-13(17)20-14(19-12)21-7-2-1-3-8-21/h4-6H,1-3,7-8H2,(H2,17,18,19,20). The van der Waals surface area contributed by atoms with E-state index in [0.29, 0.717) is 5.95 Å². The van der Waals surface area contributed by atoms with Crippen molar-refractivity contribution in [3.63, 3.8) is 0 Å². The summed E-state index contributed by atoms with van der Waals surface area (Å²) in [5.41, 5.74) is 5.40. The Morgan fingerprint density at radius 1 is 0.952 bits per heavy atom. The average Bonchev–Trinajstić information content (AvgIpc) is 2.47. The molecule has 21 heavy (non-hydrogen) atoms. The quantitative estimate of drug-likeness (QED) is 0.920. The number of nitrogens with zero attached hydrogens (tertiary/aromatic N) is 4. The molecule has 1 fully saturated rings. The molecule has 0 atom stereocenters. The summed E-state index contributed by atoms with van der Waals surface area (Å²) in [6, 6.07) is 3.63. The highest BCUT2D eigenvalue weighted by atomic mass is 19.1. The molecule has 0 saturated carbocycles. The van der Waals surface area contributed by atoms with E-state index in [2.05, 4.69) is 15.0 Å². The van der Waals surface area contributed by atoms with Crippen LogP contribution in [0.1, 0.15) is 19.3 Å². The van der Waals surface area contributed by atoms with Crippen LogP contribution in [0, 0.1) is 11.6 Å². The van der Waals surface area contributed by atoms with Gasteiger partial charge in [0.1, 0.15) is 11.6 Å². The number of hydrogen-bond donors (Lipinski definition) is 1. The molecule has 0 aliphatic carbocycles. The van der Waals surface area contributed by atoms with Gasteiger partial charge in [0.2, 0.25) is 11.9 Å². The van der Waals surface area contributed by atoms with Crippen LogP contribution in [0.25, 0.3) is 11.4 Å². The third kappa shape index (κ3) is 2.76. The molecule has 0 amide bonds. The number of benzene rings is 1. The Labute approximate surface area is 120 Å². The van der Waals surface area contributed by atoms with Gasteiger partial charge >= 0.3 is 0 Å². The van der Waals surface area contributed by atoms with Crippen molar-refractivity contribution in [1.29, 1.82) is 0 Å². The molecule has 1 aliphatic rings. The summed E-state index contributed by atoms with van der Waals surface area (Å²) < 4.78 is 27.7. The number of halogens is 2. The maximum Gasteiger partial charge on any atom is 0.230 e. The Hall–Kier alpha value is -2.31. The summed E-state index contributed by atoms with van der Waals surface area (Å²) in [5.74, 6) is -1.17. The lowest BCUT2D eigenvalue weighted by Crippen LogP contribution is -2.31. The fourth-order valence-corrected chi connectivity index (χ4v) is 2.44. The molecular weight excluding hydrogens is 276 g/mol. The van der Waals surface area contributed by atoms with Gasteiger partial charge in [-0.1, -0.05) is 6.07 Å². The largest absolute Gasteiger partial charge is 0.368 e. The maximum absolute atomic E-state index is 13.8. The monoisotopic (exact) mass is 291 g/mol. The van der Waals surface area contributed by atoms with Gasteiger partial charge in [0.15, 0.2) is 5.82 Å². The lowest BCUT2D eigenvalue weighted by Gasteiger charge is -2.26. The van der Waals surface area contributed by atoms with Gasteiger partial charge in [-0.05, 0) is 31.4 Å². The SMILES string of the molecule is Nc1nc(-c2c(F)cccc2F)nc(N2CCCCC2)n1. The van der Waals surface area contributed by atoms with E-state index in [1.54, 1.807) is 0 Å². The Morgan fingerprint density at radius 3 is 2.29 bits per heavy atom. The summed E-state index contributed by atoms with van der Waals surface area (Å²) in [6.07, 6.45) is 3.23. The van der Waals surface area contributed by atoms with E-state index in [1.807, 2.05) is 4.90 Å². The molecule has 2 aromatic rings. The summed E-state index contributed by atoms with van der Waals surface area (Å²) in [7, 11) is 0. The third-order valence-electron chi connectivity index (χ3n) is 3.47. The second-order valence-corrected chi connectivity index (χ2v) is 4.96. The molecule has 2 heterocycles. The summed E-state index contributed by atoms with van der Waals surface area (Å²) in [6.45, 7) is 1.62. The summed E-state index contributed by atoms with van der Waals surface area (Å²) in [4.78, 5) is 14.1. The topological polar surface area (TPSA) is 67.9 Å². The number of aromatic nitrogens is 3. The first-order chi connectivity index (χ1) is 10.1. The minimum atomic E-state index is -0.717. The van der Waals surface area contributed by atoms with Gasteiger partial charge in [0, 0.05) is 13.1 Å². The molecule has 1 aliphatic heterocycles. The van der Waals surface area contributed by atoms with Crippen LogP contribution in [0.3, 0.4) is 0 Å². The van der Waals surface area contributed by atoms with E-state index in [4.69, 9.17) is 5.73 Å². The Kier molecular flexibility index (Phi) is 3.64. The molecule has 7 heteroatoms. The lowest BCUT2D eigenvalue weighted by atomic mass is 10.1. The fraction of sp³-hybridized carbons (Fsp3) is 0.357. The molecule has 1 saturated heterocycles. The first-order valence-corrected chi connectivity index (χ1v) is 6.86. The molecule has 0 bridgehead atoms. The molecule has 0 radical (unpaired) electrons. The molecule has 0 spiro atoms. The lowest BCUT2D eigenvalue weighted by molar-refractivity contribution is 0.566. The smallest absolute Gasteiger partial charge is 0.230 e. The van der Waals surface area contributed by atoms with Crippen LogP contribution < -0.4 is 10.6 Å². The zero-order valence-corrected chi connectivity index (χ0v) is 11.4. The van der Waals surface area contributed by atoms with Gasteiger partial charge in [0.05, 0.1) is 5.56 Å².